The van der Waals surface area contributed by atoms with Gasteiger partial charge in [-0.3, -0.25) is 0 Å². The molecule has 0 saturated carbocycles. The number of anilines is 1. The number of para-hydroxylation sites is 1. The van der Waals surface area contributed by atoms with Crippen LogP contribution >= 0.6 is 39.7 Å². The van der Waals surface area contributed by atoms with Gasteiger partial charge in [0.15, 0.2) is 5.11 Å². The Bertz CT molecular complexity index is 639. The lowest BCUT2D eigenvalue weighted by Crippen LogP contribution is -2.39. The molecule has 0 bridgehead atoms. The molecule has 3 nitrogen and oxygen atoms in total. The van der Waals surface area contributed by atoms with Crippen molar-refractivity contribution in [3.8, 4) is 5.75 Å². The van der Waals surface area contributed by atoms with Crippen molar-refractivity contribution in [3.05, 3.63) is 58.0 Å². The molecule has 2 aromatic rings. The van der Waals surface area contributed by atoms with Crippen LogP contribution in [0.5, 0.6) is 5.75 Å². The lowest BCUT2D eigenvalue weighted by Gasteiger charge is -2.18. The molecule has 2 aromatic carbocycles. The Hall–Kier alpha value is -1.30. The zero-order valence-electron chi connectivity index (χ0n) is 12.0. The van der Waals surface area contributed by atoms with Crippen molar-refractivity contribution in [3.63, 3.8) is 0 Å². The molecule has 22 heavy (non-hydrogen) atoms. The second kappa shape index (κ2) is 8.36. The standard InChI is InChI=1S/C16H16BrClN2OS/c1-11(10-21-13-5-3-2-4-6-13)19-16(22)20-12-7-8-14(17)15(18)9-12/h2-9,11H,10H2,1H3,(H2,19,20,22)/t11-/m1/s1. The minimum atomic E-state index is 0.0751. The van der Waals surface area contributed by atoms with Gasteiger partial charge in [0.2, 0.25) is 0 Å². The van der Waals surface area contributed by atoms with E-state index >= 15 is 0 Å². The Morgan fingerprint density at radius 1 is 1.27 bits per heavy atom. The van der Waals surface area contributed by atoms with Gasteiger partial charge in [-0.05, 0) is 65.4 Å². The second-order valence-corrected chi connectivity index (χ2v) is 6.42. The first-order chi connectivity index (χ1) is 10.5. The van der Waals surface area contributed by atoms with Crippen LogP contribution in [0.3, 0.4) is 0 Å². The van der Waals surface area contributed by atoms with E-state index in [1.165, 1.54) is 0 Å². The van der Waals surface area contributed by atoms with Crippen molar-refractivity contribution >= 4 is 50.5 Å². The van der Waals surface area contributed by atoms with Gasteiger partial charge in [-0.1, -0.05) is 29.8 Å². The summed E-state index contributed by atoms with van der Waals surface area (Å²) in [5.74, 6) is 0.842. The van der Waals surface area contributed by atoms with Crippen LogP contribution in [0.2, 0.25) is 5.02 Å². The van der Waals surface area contributed by atoms with Crippen molar-refractivity contribution in [2.75, 3.05) is 11.9 Å². The maximum absolute atomic E-state index is 6.05. The third-order valence-electron chi connectivity index (χ3n) is 2.80. The van der Waals surface area contributed by atoms with E-state index < -0.39 is 0 Å². The van der Waals surface area contributed by atoms with Crippen LogP contribution in [0.15, 0.2) is 53.0 Å². The summed E-state index contributed by atoms with van der Waals surface area (Å²) in [7, 11) is 0. The van der Waals surface area contributed by atoms with Gasteiger partial charge in [-0.25, -0.2) is 0 Å². The van der Waals surface area contributed by atoms with Gasteiger partial charge in [0.25, 0.3) is 0 Å². The van der Waals surface area contributed by atoms with Crippen molar-refractivity contribution in [1.82, 2.24) is 5.32 Å². The van der Waals surface area contributed by atoms with Gasteiger partial charge in [0.05, 0.1) is 11.1 Å². The molecule has 0 aromatic heterocycles. The molecular weight excluding hydrogens is 384 g/mol. The molecule has 0 aliphatic heterocycles. The molecule has 0 aliphatic carbocycles. The highest BCUT2D eigenvalue weighted by Gasteiger charge is 2.06. The largest absolute Gasteiger partial charge is 0.491 e. The zero-order chi connectivity index (χ0) is 15.9. The molecule has 6 heteroatoms. The number of thiocarbonyl (C=S) groups is 1. The number of rotatable bonds is 5. The highest BCUT2D eigenvalue weighted by molar-refractivity contribution is 9.10. The zero-order valence-corrected chi connectivity index (χ0v) is 15.1. The van der Waals surface area contributed by atoms with E-state index in [0.717, 1.165) is 15.9 Å². The molecule has 0 amide bonds. The molecule has 0 unspecified atom stereocenters. The molecule has 2 rings (SSSR count). The molecule has 0 saturated heterocycles. The lowest BCUT2D eigenvalue weighted by atomic mass is 10.3. The van der Waals surface area contributed by atoms with Gasteiger partial charge < -0.3 is 15.4 Å². The number of nitrogens with one attached hydrogen (secondary N) is 2. The van der Waals surface area contributed by atoms with E-state index in [1.54, 1.807) is 0 Å². The second-order valence-electron chi connectivity index (χ2n) is 4.75. The fourth-order valence-corrected chi connectivity index (χ4v) is 2.49. The molecule has 0 spiro atoms. The van der Waals surface area contributed by atoms with Crippen LogP contribution < -0.4 is 15.4 Å². The molecule has 1 atom stereocenters. The highest BCUT2D eigenvalue weighted by Crippen LogP contribution is 2.25. The van der Waals surface area contributed by atoms with Crippen molar-refractivity contribution in [2.45, 2.75) is 13.0 Å². The first-order valence-electron chi connectivity index (χ1n) is 6.75. The van der Waals surface area contributed by atoms with E-state index in [9.17, 15) is 0 Å². The molecule has 0 fully saturated rings. The number of benzene rings is 2. The first-order valence-corrected chi connectivity index (χ1v) is 8.33. The minimum Gasteiger partial charge on any atom is -0.491 e. The average molecular weight is 400 g/mol. The Morgan fingerprint density at radius 2 is 2.00 bits per heavy atom. The molecule has 0 aliphatic rings. The first kappa shape index (κ1) is 17.1. The van der Waals surface area contributed by atoms with Gasteiger partial charge >= 0.3 is 0 Å². The van der Waals surface area contributed by atoms with Crippen molar-refractivity contribution in [2.24, 2.45) is 0 Å². The topological polar surface area (TPSA) is 33.3 Å². The Kier molecular flexibility index (Phi) is 6.49. The maximum Gasteiger partial charge on any atom is 0.171 e. The van der Waals surface area contributed by atoms with Gasteiger partial charge in [0, 0.05) is 10.2 Å². The molecule has 116 valence electrons. The van der Waals surface area contributed by atoms with Gasteiger partial charge in [-0.2, -0.15) is 0 Å². The molecule has 2 N–H and O–H groups in total. The average Bonchev–Trinajstić information content (AvgIpc) is 2.50. The van der Waals surface area contributed by atoms with Crippen LogP contribution in [0.4, 0.5) is 5.69 Å². The maximum atomic E-state index is 6.05. The van der Waals surface area contributed by atoms with Crippen LogP contribution in [0.25, 0.3) is 0 Å². The predicted octanol–water partition coefficient (Wildman–Crippen LogP) is 4.86. The lowest BCUT2D eigenvalue weighted by molar-refractivity contribution is 0.287. The van der Waals surface area contributed by atoms with E-state index in [1.807, 2.05) is 55.5 Å². The number of hydrogen-bond donors (Lipinski definition) is 2. The SMILES string of the molecule is C[C@H](COc1ccccc1)NC(=S)Nc1ccc(Br)c(Cl)c1. The summed E-state index contributed by atoms with van der Waals surface area (Å²) in [5, 5.41) is 7.43. The van der Waals surface area contributed by atoms with E-state index in [2.05, 4.69) is 26.6 Å². The van der Waals surface area contributed by atoms with Crippen LogP contribution in [-0.2, 0) is 0 Å². The number of halogens is 2. The summed E-state index contributed by atoms with van der Waals surface area (Å²) in [5.41, 5.74) is 0.835. The fourth-order valence-electron chi connectivity index (χ4n) is 1.74. The summed E-state index contributed by atoms with van der Waals surface area (Å²) in [6.45, 7) is 2.53. The normalized spacial score (nSPS) is 11.6. The molecular formula is C16H16BrClN2OS. The predicted molar refractivity (Wildman–Crippen MR) is 99.9 cm³/mol. The summed E-state index contributed by atoms with van der Waals surface area (Å²) in [6.07, 6.45) is 0. The van der Waals surface area contributed by atoms with Crippen molar-refractivity contribution in [1.29, 1.82) is 0 Å². The summed E-state index contributed by atoms with van der Waals surface area (Å²) in [6, 6.07) is 15.3. The Labute approximate surface area is 149 Å². The third kappa shape index (κ3) is 5.48. The Balaban J connectivity index is 1.79. The molecule has 0 radical (unpaired) electrons. The van der Waals surface area contributed by atoms with E-state index in [-0.39, 0.29) is 6.04 Å². The van der Waals surface area contributed by atoms with Crippen LogP contribution in [-0.4, -0.2) is 17.8 Å². The van der Waals surface area contributed by atoms with Gasteiger partial charge in [0.1, 0.15) is 12.4 Å². The number of ether oxygens (including phenoxy) is 1. The Morgan fingerprint density at radius 3 is 2.68 bits per heavy atom. The summed E-state index contributed by atoms with van der Waals surface area (Å²) in [4.78, 5) is 0. The summed E-state index contributed by atoms with van der Waals surface area (Å²) >= 11 is 14.7. The monoisotopic (exact) mass is 398 g/mol. The van der Waals surface area contributed by atoms with E-state index in [0.29, 0.717) is 16.7 Å². The van der Waals surface area contributed by atoms with E-state index in [4.69, 9.17) is 28.6 Å². The summed E-state index contributed by atoms with van der Waals surface area (Å²) < 4.78 is 6.53. The fraction of sp³-hybridized carbons (Fsp3) is 0.188. The molecule has 0 heterocycles. The number of hydrogen-bond acceptors (Lipinski definition) is 2. The third-order valence-corrected chi connectivity index (χ3v) is 4.25. The minimum absolute atomic E-state index is 0.0751. The van der Waals surface area contributed by atoms with Gasteiger partial charge in [-0.15, -0.1) is 0 Å². The smallest absolute Gasteiger partial charge is 0.171 e. The highest BCUT2D eigenvalue weighted by atomic mass is 79.9. The quantitative estimate of drug-likeness (QED) is 0.704. The van der Waals surface area contributed by atoms with Crippen LogP contribution in [0.1, 0.15) is 6.92 Å². The van der Waals surface area contributed by atoms with Crippen LogP contribution in [0, 0.1) is 0 Å². The van der Waals surface area contributed by atoms with Crippen molar-refractivity contribution < 1.29 is 4.74 Å².